The van der Waals surface area contributed by atoms with Gasteiger partial charge in [-0.1, -0.05) is 29.8 Å². The number of hydrogen-bond donors (Lipinski definition) is 0. The minimum atomic E-state index is 0.164. The molecule has 1 aliphatic heterocycles. The summed E-state index contributed by atoms with van der Waals surface area (Å²) in [5, 5.41) is 0. The first-order chi connectivity index (χ1) is 8.56. The molecule has 0 bridgehead atoms. The van der Waals surface area contributed by atoms with Gasteiger partial charge in [-0.25, -0.2) is 0 Å². The third kappa shape index (κ3) is 3.10. The normalized spacial score (nSPS) is 20.1. The van der Waals surface area contributed by atoms with E-state index >= 15 is 0 Å². The zero-order valence-corrected chi connectivity index (χ0v) is 11.5. The molecule has 0 saturated carbocycles. The van der Waals surface area contributed by atoms with E-state index in [0.29, 0.717) is 6.04 Å². The number of hydrogen-bond acceptors (Lipinski definition) is 2. The first kappa shape index (κ1) is 13.1. The summed E-state index contributed by atoms with van der Waals surface area (Å²) in [5.74, 6) is 0.164. The van der Waals surface area contributed by atoms with E-state index in [4.69, 9.17) is 0 Å². The van der Waals surface area contributed by atoms with E-state index in [9.17, 15) is 4.79 Å². The lowest BCUT2D eigenvalue weighted by Crippen LogP contribution is -2.37. The molecule has 1 heterocycles. The van der Waals surface area contributed by atoms with Crippen LogP contribution in [0.3, 0.4) is 0 Å². The molecule has 0 radical (unpaired) electrons. The molecule has 0 N–H and O–H groups in total. The van der Waals surface area contributed by atoms with Gasteiger partial charge in [0.25, 0.3) is 0 Å². The van der Waals surface area contributed by atoms with Crippen LogP contribution in [0.4, 0.5) is 0 Å². The third-order valence-electron chi connectivity index (χ3n) is 3.82. The maximum Gasteiger partial charge on any atom is 0.219 e. The Balaban J connectivity index is 1.89. The lowest BCUT2D eigenvalue weighted by Gasteiger charge is -2.23. The van der Waals surface area contributed by atoms with Gasteiger partial charge >= 0.3 is 0 Å². The number of carbonyl (C=O) groups is 1. The number of benzene rings is 1. The molecule has 3 heteroatoms. The zero-order valence-electron chi connectivity index (χ0n) is 11.5. The minimum absolute atomic E-state index is 0.164. The summed E-state index contributed by atoms with van der Waals surface area (Å²) < 4.78 is 0. The number of nitrogens with zero attached hydrogens (tertiary/aromatic N) is 2. The second kappa shape index (κ2) is 5.53. The van der Waals surface area contributed by atoms with Gasteiger partial charge in [0.2, 0.25) is 5.91 Å². The maximum absolute atomic E-state index is 11.3. The average Bonchev–Trinajstić information content (AvgIpc) is 2.79. The van der Waals surface area contributed by atoms with Gasteiger partial charge in [0.15, 0.2) is 0 Å². The van der Waals surface area contributed by atoms with Crippen molar-refractivity contribution in [2.75, 3.05) is 20.1 Å². The molecule has 0 aliphatic carbocycles. The first-order valence-corrected chi connectivity index (χ1v) is 6.57. The second-order valence-electron chi connectivity index (χ2n) is 5.29. The summed E-state index contributed by atoms with van der Waals surface area (Å²) in [5.41, 5.74) is 2.65. The summed E-state index contributed by atoms with van der Waals surface area (Å²) in [4.78, 5) is 15.6. The van der Waals surface area contributed by atoms with E-state index < -0.39 is 0 Å². The molecule has 18 heavy (non-hydrogen) atoms. The molecule has 1 saturated heterocycles. The van der Waals surface area contributed by atoms with Crippen LogP contribution >= 0.6 is 0 Å². The Hall–Kier alpha value is -1.35. The van der Waals surface area contributed by atoms with Crippen LogP contribution in [0.5, 0.6) is 0 Å². The number of likely N-dealkylation sites (tertiary alicyclic amines) is 1. The van der Waals surface area contributed by atoms with Crippen LogP contribution in [-0.2, 0) is 11.3 Å². The van der Waals surface area contributed by atoms with Gasteiger partial charge in [-0.05, 0) is 18.9 Å². The fourth-order valence-electron chi connectivity index (χ4n) is 2.48. The van der Waals surface area contributed by atoms with E-state index in [2.05, 4.69) is 36.1 Å². The fourth-order valence-corrected chi connectivity index (χ4v) is 2.48. The number of amides is 1. The molecule has 2 rings (SSSR count). The molecule has 0 aromatic heterocycles. The predicted molar refractivity (Wildman–Crippen MR) is 73.3 cm³/mol. The number of carbonyl (C=O) groups excluding carboxylic acids is 1. The van der Waals surface area contributed by atoms with Crippen LogP contribution in [0.25, 0.3) is 0 Å². The monoisotopic (exact) mass is 246 g/mol. The molecule has 1 aromatic carbocycles. The van der Waals surface area contributed by atoms with E-state index in [1.165, 1.54) is 11.1 Å². The standard InChI is InChI=1S/C15H22N2O/c1-12-4-6-14(7-5-12)10-17-9-8-15(11-17)16(3)13(2)18/h4-7,15H,8-11H2,1-3H3. The Kier molecular flexibility index (Phi) is 4.02. The SMILES string of the molecule is CC(=O)N(C)C1CCN(Cc2ccc(C)cc2)C1. The van der Waals surface area contributed by atoms with Crippen LogP contribution in [0.2, 0.25) is 0 Å². The fraction of sp³-hybridized carbons (Fsp3) is 0.533. The van der Waals surface area contributed by atoms with Gasteiger partial charge in [-0.3, -0.25) is 9.69 Å². The van der Waals surface area contributed by atoms with E-state index in [0.717, 1.165) is 26.1 Å². The molecular weight excluding hydrogens is 224 g/mol. The van der Waals surface area contributed by atoms with Crippen molar-refractivity contribution in [2.24, 2.45) is 0 Å². The smallest absolute Gasteiger partial charge is 0.219 e. The van der Waals surface area contributed by atoms with Crippen molar-refractivity contribution < 1.29 is 4.79 Å². The Morgan fingerprint density at radius 1 is 1.39 bits per heavy atom. The van der Waals surface area contributed by atoms with Gasteiger partial charge in [0.1, 0.15) is 0 Å². The van der Waals surface area contributed by atoms with Crippen molar-refractivity contribution in [3.63, 3.8) is 0 Å². The maximum atomic E-state index is 11.3. The minimum Gasteiger partial charge on any atom is -0.342 e. The molecule has 98 valence electrons. The lowest BCUT2D eigenvalue weighted by molar-refractivity contribution is -0.129. The van der Waals surface area contributed by atoms with Crippen LogP contribution in [0.1, 0.15) is 24.5 Å². The average molecular weight is 246 g/mol. The Labute approximate surface area is 109 Å². The summed E-state index contributed by atoms with van der Waals surface area (Å²) >= 11 is 0. The number of rotatable bonds is 3. The largest absolute Gasteiger partial charge is 0.342 e. The molecule has 1 aromatic rings. The van der Waals surface area contributed by atoms with Crippen LogP contribution in [0.15, 0.2) is 24.3 Å². The van der Waals surface area contributed by atoms with Crippen LogP contribution in [-0.4, -0.2) is 41.9 Å². The zero-order chi connectivity index (χ0) is 13.1. The molecule has 1 unspecified atom stereocenters. The van der Waals surface area contributed by atoms with Gasteiger partial charge < -0.3 is 4.90 Å². The predicted octanol–water partition coefficient (Wildman–Crippen LogP) is 2.05. The second-order valence-corrected chi connectivity index (χ2v) is 5.29. The number of aryl methyl sites for hydroxylation is 1. The quantitative estimate of drug-likeness (QED) is 0.815. The van der Waals surface area contributed by atoms with Gasteiger partial charge in [-0.15, -0.1) is 0 Å². The molecule has 1 amide bonds. The summed E-state index contributed by atoms with van der Waals surface area (Å²) in [7, 11) is 1.91. The molecule has 1 atom stereocenters. The summed E-state index contributed by atoms with van der Waals surface area (Å²) in [6.07, 6.45) is 1.09. The van der Waals surface area contributed by atoms with Gasteiger partial charge in [-0.2, -0.15) is 0 Å². The van der Waals surface area contributed by atoms with Gasteiger partial charge in [0, 0.05) is 39.6 Å². The highest BCUT2D eigenvalue weighted by molar-refractivity contribution is 5.73. The molecule has 1 fully saturated rings. The molecule has 0 spiro atoms. The van der Waals surface area contributed by atoms with Crippen molar-refractivity contribution >= 4 is 5.91 Å². The van der Waals surface area contributed by atoms with Crippen molar-refractivity contribution in [1.82, 2.24) is 9.80 Å². The first-order valence-electron chi connectivity index (χ1n) is 6.57. The van der Waals surface area contributed by atoms with Crippen molar-refractivity contribution in [1.29, 1.82) is 0 Å². The molecular formula is C15H22N2O. The molecule has 3 nitrogen and oxygen atoms in total. The van der Waals surface area contributed by atoms with Crippen LogP contribution < -0.4 is 0 Å². The number of likely N-dealkylation sites (N-methyl/N-ethyl adjacent to an activating group) is 1. The van der Waals surface area contributed by atoms with E-state index in [1.54, 1.807) is 6.92 Å². The Bertz CT molecular complexity index is 413. The van der Waals surface area contributed by atoms with Crippen LogP contribution in [0, 0.1) is 6.92 Å². The van der Waals surface area contributed by atoms with Crippen molar-refractivity contribution in [3.05, 3.63) is 35.4 Å². The molecule has 1 aliphatic rings. The highest BCUT2D eigenvalue weighted by Crippen LogP contribution is 2.17. The van der Waals surface area contributed by atoms with E-state index in [1.807, 2.05) is 11.9 Å². The Morgan fingerprint density at radius 2 is 2.06 bits per heavy atom. The van der Waals surface area contributed by atoms with E-state index in [-0.39, 0.29) is 5.91 Å². The topological polar surface area (TPSA) is 23.6 Å². The summed E-state index contributed by atoms with van der Waals surface area (Å²) in [6, 6.07) is 9.08. The van der Waals surface area contributed by atoms with Crippen molar-refractivity contribution in [3.8, 4) is 0 Å². The lowest BCUT2D eigenvalue weighted by atomic mass is 10.1. The van der Waals surface area contributed by atoms with Gasteiger partial charge in [0.05, 0.1) is 0 Å². The summed E-state index contributed by atoms with van der Waals surface area (Å²) in [6.45, 7) is 6.81. The van der Waals surface area contributed by atoms with Crippen molar-refractivity contribution in [2.45, 2.75) is 32.9 Å². The third-order valence-corrected chi connectivity index (χ3v) is 3.82. The Morgan fingerprint density at radius 3 is 2.67 bits per heavy atom. The highest BCUT2D eigenvalue weighted by atomic mass is 16.2. The highest BCUT2D eigenvalue weighted by Gasteiger charge is 2.26.